The third-order valence-electron chi connectivity index (χ3n) is 5.14. The molecular formula is C21H23N3O2. The Morgan fingerprint density at radius 3 is 2.92 bits per heavy atom. The van der Waals surface area contributed by atoms with Crippen molar-refractivity contribution in [2.75, 3.05) is 6.54 Å². The van der Waals surface area contributed by atoms with Crippen LogP contribution in [0.15, 0.2) is 24.4 Å². The molecule has 5 heteroatoms. The average Bonchev–Trinajstić information content (AvgIpc) is 3.05. The highest BCUT2D eigenvalue weighted by molar-refractivity contribution is 5.99. The zero-order valence-electron chi connectivity index (χ0n) is 14.9. The fourth-order valence-electron chi connectivity index (χ4n) is 3.63. The molecule has 0 aliphatic heterocycles. The highest BCUT2D eigenvalue weighted by atomic mass is 16.2. The van der Waals surface area contributed by atoms with Crippen molar-refractivity contribution in [3.63, 3.8) is 0 Å². The quantitative estimate of drug-likeness (QED) is 0.883. The van der Waals surface area contributed by atoms with Crippen LogP contribution in [0, 0.1) is 29.1 Å². The van der Waals surface area contributed by atoms with Crippen LogP contribution < -0.4 is 5.32 Å². The number of ketones is 1. The smallest absolute Gasteiger partial charge is 0.252 e. The largest absolute Gasteiger partial charge is 0.352 e. The van der Waals surface area contributed by atoms with E-state index in [0.29, 0.717) is 12.1 Å². The minimum atomic E-state index is -0.202. The fraction of sp³-hybridized carbons (Fsp3) is 0.429. The van der Waals surface area contributed by atoms with Gasteiger partial charge in [-0.2, -0.15) is 5.26 Å². The molecule has 0 aromatic carbocycles. The molecule has 134 valence electrons. The summed E-state index contributed by atoms with van der Waals surface area (Å²) in [5, 5.41) is 12.0. The van der Waals surface area contributed by atoms with Crippen molar-refractivity contribution in [2.45, 2.75) is 32.6 Å². The first-order chi connectivity index (χ1) is 12.6. The van der Waals surface area contributed by atoms with Gasteiger partial charge in [0.05, 0.1) is 23.2 Å². The van der Waals surface area contributed by atoms with Crippen LogP contribution in [0.2, 0.25) is 0 Å². The molecule has 1 fully saturated rings. The summed E-state index contributed by atoms with van der Waals surface area (Å²) < 4.78 is 0. The molecule has 3 atom stereocenters. The lowest BCUT2D eigenvalue weighted by molar-refractivity contribution is -0.123. The van der Waals surface area contributed by atoms with E-state index in [2.05, 4.69) is 23.3 Å². The zero-order valence-corrected chi connectivity index (χ0v) is 14.9. The van der Waals surface area contributed by atoms with Crippen molar-refractivity contribution >= 4 is 23.8 Å². The predicted molar refractivity (Wildman–Crippen MR) is 99.9 cm³/mol. The molecule has 3 unspecified atom stereocenters. The van der Waals surface area contributed by atoms with Gasteiger partial charge in [-0.15, -0.1) is 0 Å². The van der Waals surface area contributed by atoms with Crippen LogP contribution in [0.4, 0.5) is 0 Å². The number of hydrogen-bond acceptors (Lipinski definition) is 4. The highest BCUT2D eigenvalue weighted by Gasteiger charge is 2.32. The summed E-state index contributed by atoms with van der Waals surface area (Å²) in [5.74, 6) is -0.152. The molecule has 0 radical (unpaired) electrons. The summed E-state index contributed by atoms with van der Waals surface area (Å²) in [5.41, 5.74) is 2.14. The van der Waals surface area contributed by atoms with Gasteiger partial charge in [0.25, 0.3) is 5.91 Å². The van der Waals surface area contributed by atoms with Gasteiger partial charge in [0.2, 0.25) is 0 Å². The summed E-state index contributed by atoms with van der Waals surface area (Å²) in [4.78, 5) is 29.2. The van der Waals surface area contributed by atoms with Crippen molar-refractivity contribution in [2.24, 2.45) is 17.8 Å². The number of nitrogens with zero attached hydrogens (tertiary/aromatic N) is 2. The van der Waals surface area contributed by atoms with Crippen LogP contribution in [-0.2, 0) is 4.79 Å². The first-order valence-electron chi connectivity index (χ1n) is 9.16. The molecule has 0 spiro atoms. The van der Waals surface area contributed by atoms with E-state index in [1.54, 1.807) is 12.3 Å². The number of amides is 1. The van der Waals surface area contributed by atoms with E-state index in [-0.39, 0.29) is 35.9 Å². The molecule has 0 bridgehead atoms. The number of hydrogen-bond donors (Lipinski definition) is 1. The monoisotopic (exact) mass is 349 g/mol. The molecule has 1 N–H and O–H groups in total. The Morgan fingerprint density at radius 2 is 2.12 bits per heavy atom. The van der Waals surface area contributed by atoms with Gasteiger partial charge in [0.15, 0.2) is 0 Å². The van der Waals surface area contributed by atoms with Crippen molar-refractivity contribution in [1.82, 2.24) is 10.3 Å². The van der Waals surface area contributed by atoms with E-state index >= 15 is 0 Å². The van der Waals surface area contributed by atoms with Gasteiger partial charge >= 0.3 is 0 Å². The Labute approximate surface area is 153 Å². The lowest BCUT2D eigenvalue weighted by Crippen LogP contribution is -2.29. The standard InChI is InChI=1S/C21H23N3O2/c1-14-5-7-17-18(9-11-23-19(17)8-6-14)21(26)24-12-10-20(25)16-4-2-3-15(16)13-22/h5-9,11,14-16H,2-4,10,12H2,1H3,(H,24,26). The maximum absolute atomic E-state index is 12.6. The lowest BCUT2D eigenvalue weighted by Gasteiger charge is -2.13. The number of rotatable bonds is 5. The van der Waals surface area contributed by atoms with Crippen LogP contribution in [-0.4, -0.2) is 23.2 Å². The number of Topliss-reactive ketones (excluding diaryl/α,β-unsaturated/α-hetero) is 1. The molecule has 26 heavy (non-hydrogen) atoms. The van der Waals surface area contributed by atoms with Crippen molar-refractivity contribution in [3.8, 4) is 6.07 Å². The maximum Gasteiger partial charge on any atom is 0.252 e. The Bertz CT molecular complexity index is 804. The van der Waals surface area contributed by atoms with E-state index in [1.807, 2.05) is 24.3 Å². The Kier molecular flexibility index (Phi) is 5.62. The van der Waals surface area contributed by atoms with Crippen LogP contribution >= 0.6 is 0 Å². The average molecular weight is 349 g/mol. The minimum absolute atomic E-state index is 0.0829. The summed E-state index contributed by atoms with van der Waals surface area (Å²) >= 11 is 0. The summed E-state index contributed by atoms with van der Waals surface area (Å²) in [7, 11) is 0. The third kappa shape index (κ3) is 3.91. The van der Waals surface area contributed by atoms with Crippen molar-refractivity contribution in [3.05, 3.63) is 41.2 Å². The lowest BCUT2D eigenvalue weighted by atomic mass is 9.91. The number of fused-ring (bicyclic) bond motifs is 1. The van der Waals surface area contributed by atoms with Gasteiger partial charge in [-0.3, -0.25) is 14.6 Å². The van der Waals surface area contributed by atoms with Gasteiger partial charge < -0.3 is 5.32 Å². The van der Waals surface area contributed by atoms with Crippen LogP contribution in [0.3, 0.4) is 0 Å². The number of carbonyl (C=O) groups is 2. The topological polar surface area (TPSA) is 82.8 Å². The molecule has 1 aromatic heterocycles. The molecule has 1 amide bonds. The molecule has 2 aliphatic rings. The van der Waals surface area contributed by atoms with E-state index in [4.69, 9.17) is 5.26 Å². The summed E-state index contributed by atoms with van der Waals surface area (Å²) in [6, 6.07) is 3.94. The van der Waals surface area contributed by atoms with Gasteiger partial charge in [0.1, 0.15) is 5.78 Å². The van der Waals surface area contributed by atoms with Crippen LogP contribution in [0.5, 0.6) is 0 Å². The normalized spacial score (nSPS) is 23.8. The molecular weight excluding hydrogens is 326 g/mol. The number of pyridine rings is 1. The molecule has 1 heterocycles. The number of nitriles is 1. The zero-order chi connectivity index (χ0) is 18.5. The second kappa shape index (κ2) is 8.09. The van der Waals surface area contributed by atoms with Gasteiger partial charge in [0, 0.05) is 30.6 Å². The third-order valence-corrected chi connectivity index (χ3v) is 5.14. The molecule has 3 rings (SSSR count). The summed E-state index contributed by atoms with van der Waals surface area (Å²) in [6.07, 6.45) is 12.4. The number of allylic oxidation sites excluding steroid dienone is 2. The second-order valence-corrected chi connectivity index (χ2v) is 6.98. The van der Waals surface area contributed by atoms with E-state index in [1.165, 1.54) is 0 Å². The van der Waals surface area contributed by atoms with Crippen molar-refractivity contribution in [1.29, 1.82) is 5.26 Å². The van der Waals surface area contributed by atoms with Gasteiger partial charge in [-0.1, -0.05) is 31.6 Å². The fourth-order valence-corrected chi connectivity index (χ4v) is 3.63. The first-order valence-corrected chi connectivity index (χ1v) is 9.16. The minimum Gasteiger partial charge on any atom is -0.352 e. The van der Waals surface area contributed by atoms with E-state index in [0.717, 1.165) is 30.5 Å². The Hall–Kier alpha value is -2.74. The van der Waals surface area contributed by atoms with Gasteiger partial charge in [-0.25, -0.2) is 0 Å². The molecule has 5 nitrogen and oxygen atoms in total. The Balaban J connectivity index is 1.62. The van der Waals surface area contributed by atoms with Crippen LogP contribution in [0.1, 0.15) is 54.2 Å². The number of carbonyl (C=O) groups excluding carboxylic acids is 2. The summed E-state index contributed by atoms with van der Waals surface area (Å²) in [6.45, 7) is 2.36. The SMILES string of the molecule is CC1C=Cc2nccc(C(=O)NCCC(=O)C3CCCC3C#N)c2C=C1. The second-order valence-electron chi connectivity index (χ2n) is 6.98. The Morgan fingerprint density at radius 1 is 1.31 bits per heavy atom. The highest BCUT2D eigenvalue weighted by Crippen LogP contribution is 2.32. The van der Waals surface area contributed by atoms with Crippen LogP contribution in [0.25, 0.3) is 12.2 Å². The predicted octanol–water partition coefficient (Wildman–Crippen LogP) is 3.39. The molecule has 2 aliphatic carbocycles. The number of aromatic nitrogens is 1. The van der Waals surface area contributed by atoms with E-state index in [9.17, 15) is 9.59 Å². The van der Waals surface area contributed by atoms with Crippen molar-refractivity contribution < 1.29 is 9.59 Å². The maximum atomic E-state index is 12.6. The molecule has 1 aromatic rings. The molecule has 1 saturated carbocycles. The molecule has 0 saturated heterocycles. The first kappa shape index (κ1) is 18.1. The van der Waals surface area contributed by atoms with E-state index < -0.39 is 0 Å². The number of nitrogens with one attached hydrogen (secondary N) is 1. The van der Waals surface area contributed by atoms with Gasteiger partial charge in [-0.05, 0) is 30.9 Å².